The number of hydrogen-bond donors (Lipinski definition) is 1. The summed E-state index contributed by atoms with van der Waals surface area (Å²) in [6.07, 6.45) is 9.21. The lowest BCUT2D eigenvalue weighted by molar-refractivity contribution is 0.644. The maximum Gasteiger partial charge on any atom is 0.161 e. The Labute approximate surface area is 114 Å². The van der Waals surface area contributed by atoms with Gasteiger partial charge in [-0.15, -0.1) is 0 Å². The molecule has 1 unspecified atom stereocenters. The van der Waals surface area contributed by atoms with Crippen LogP contribution in [0.5, 0.6) is 0 Å². The van der Waals surface area contributed by atoms with Crippen LogP contribution in [0.3, 0.4) is 0 Å². The molecule has 0 amide bonds. The van der Waals surface area contributed by atoms with Gasteiger partial charge in [0.15, 0.2) is 5.82 Å². The molecule has 1 atom stereocenters. The molecule has 2 rings (SSSR count). The van der Waals surface area contributed by atoms with Crippen LogP contribution < -0.4 is 5.32 Å². The largest absolute Gasteiger partial charge is 0.380 e. The van der Waals surface area contributed by atoms with Gasteiger partial charge in [0.05, 0.1) is 5.69 Å². The molecular weight excluding hydrogens is 236 g/mol. The quantitative estimate of drug-likeness (QED) is 0.861. The van der Waals surface area contributed by atoms with Crippen molar-refractivity contribution in [3.8, 4) is 5.82 Å². The molecule has 0 aliphatic heterocycles. The predicted molar refractivity (Wildman–Crippen MR) is 78.7 cm³/mol. The Morgan fingerprint density at radius 2 is 2.16 bits per heavy atom. The number of nitrogens with one attached hydrogen (secondary N) is 1. The minimum absolute atomic E-state index is 0.451. The summed E-state index contributed by atoms with van der Waals surface area (Å²) in [6.45, 7) is 6.42. The normalized spacial score (nSPS) is 12.4. The third-order valence-electron chi connectivity index (χ3n) is 3.23. The number of aromatic nitrogens is 3. The lowest BCUT2D eigenvalue weighted by atomic mass is 10.1. The molecule has 0 aliphatic carbocycles. The van der Waals surface area contributed by atoms with E-state index in [1.165, 1.54) is 19.3 Å². The van der Waals surface area contributed by atoms with E-state index in [2.05, 4.69) is 35.2 Å². The Morgan fingerprint density at radius 1 is 1.32 bits per heavy atom. The van der Waals surface area contributed by atoms with Crippen molar-refractivity contribution in [3.63, 3.8) is 0 Å². The van der Waals surface area contributed by atoms with Crippen LogP contribution in [0.1, 0.15) is 38.9 Å². The van der Waals surface area contributed by atoms with Gasteiger partial charge in [-0.1, -0.05) is 19.8 Å². The zero-order valence-corrected chi connectivity index (χ0v) is 11.9. The van der Waals surface area contributed by atoms with Crippen molar-refractivity contribution in [3.05, 3.63) is 36.5 Å². The van der Waals surface area contributed by atoms with Gasteiger partial charge in [0, 0.05) is 24.6 Å². The number of rotatable bonds is 6. The zero-order chi connectivity index (χ0) is 13.7. The van der Waals surface area contributed by atoms with Crippen molar-refractivity contribution in [2.24, 2.45) is 0 Å². The zero-order valence-electron chi connectivity index (χ0n) is 11.9. The second kappa shape index (κ2) is 6.36. The van der Waals surface area contributed by atoms with E-state index in [0.717, 1.165) is 17.3 Å². The first-order chi connectivity index (χ1) is 9.22. The van der Waals surface area contributed by atoms with Crippen molar-refractivity contribution in [2.45, 2.75) is 46.1 Å². The minimum atomic E-state index is 0.451. The van der Waals surface area contributed by atoms with Crippen LogP contribution in [0.15, 0.2) is 30.7 Å². The Balaban J connectivity index is 2.20. The smallest absolute Gasteiger partial charge is 0.161 e. The molecule has 0 saturated carbocycles. The summed E-state index contributed by atoms with van der Waals surface area (Å²) >= 11 is 0. The fourth-order valence-electron chi connectivity index (χ4n) is 2.15. The van der Waals surface area contributed by atoms with E-state index in [9.17, 15) is 0 Å². The number of pyridine rings is 1. The van der Waals surface area contributed by atoms with Crippen LogP contribution in [-0.4, -0.2) is 20.6 Å². The fraction of sp³-hybridized carbons (Fsp3) is 0.467. The van der Waals surface area contributed by atoms with Crippen molar-refractivity contribution in [2.75, 3.05) is 5.32 Å². The van der Waals surface area contributed by atoms with E-state index in [0.29, 0.717) is 6.04 Å². The highest BCUT2D eigenvalue weighted by Crippen LogP contribution is 2.20. The topological polar surface area (TPSA) is 42.7 Å². The van der Waals surface area contributed by atoms with E-state index in [-0.39, 0.29) is 0 Å². The molecule has 102 valence electrons. The van der Waals surface area contributed by atoms with Crippen LogP contribution >= 0.6 is 0 Å². The molecular formula is C15H22N4. The fourth-order valence-corrected chi connectivity index (χ4v) is 2.15. The highest BCUT2D eigenvalue weighted by molar-refractivity contribution is 5.57. The van der Waals surface area contributed by atoms with Crippen molar-refractivity contribution in [1.29, 1.82) is 0 Å². The summed E-state index contributed by atoms with van der Waals surface area (Å²) in [6, 6.07) is 4.49. The van der Waals surface area contributed by atoms with Gasteiger partial charge >= 0.3 is 0 Å². The van der Waals surface area contributed by atoms with E-state index in [1.54, 1.807) is 6.20 Å². The monoisotopic (exact) mass is 258 g/mol. The number of anilines is 1. The van der Waals surface area contributed by atoms with Gasteiger partial charge in [0.1, 0.15) is 5.82 Å². The van der Waals surface area contributed by atoms with E-state index in [1.807, 2.05) is 30.0 Å². The van der Waals surface area contributed by atoms with E-state index in [4.69, 9.17) is 0 Å². The lowest BCUT2D eigenvalue weighted by Crippen LogP contribution is -2.17. The Hall–Kier alpha value is -1.84. The van der Waals surface area contributed by atoms with Crippen molar-refractivity contribution >= 4 is 5.69 Å². The number of unbranched alkanes of at least 4 members (excludes halogenated alkanes) is 1. The molecule has 0 spiro atoms. The van der Waals surface area contributed by atoms with Gasteiger partial charge in [0.2, 0.25) is 0 Å². The van der Waals surface area contributed by atoms with Crippen LogP contribution in [0.4, 0.5) is 5.69 Å². The molecule has 4 heteroatoms. The predicted octanol–water partition coefficient (Wildman–Crippen LogP) is 3.57. The van der Waals surface area contributed by atoms with Gasteiger partial charge in [-0.3, -0.25) is 4.57 Å². The maximum atomic E-state index is 4.48. The molecule has 2 aromatic rings. The second-order valence-electron chi connectivity index (χ2n) is 4.91. The summed E-state index contributed by atoms with van der Waals surface area (Å²) in [7, 11) is 0. The van der Waals surface area contributed by atoms with Crippen LogP contribution in [-0.2, 0) is 0 Å². The molecule has 2 aromatic heterocycles. The van der Waals surface area contributed by atoms with Gasteiger partial charge in [-0.05, 0) is 32.4 Å². The number of hydrogen-bond acceptors (Lipinski definition) is 3. The lowest BCUT2D eigenvalue weighted by Gasteiger charge is -2.17. The first kappa shape index (κ1) is 13.6. The van der Waals surface area contributed by atoms with Gasteiger partial charge < -0.3 is 5.32 Å². The standard InChI is InChI=1S/C15H22N4/c1-4-5-7-12(2)18-14-8-6-9-17-15(14)19-11-10-16-13(19)3/h6,8-12,18H,4-5,7H2,1-3H3. The Morgan fingerprint density at radius 3 is 2.84 bits per heavy atom. The molecule has 0 aliphatic rings. The average molecular weight is 258 g/mol. The molecule has 1 N–H and O–H groups in total. The molecule has 2 heterocycles. The minimum Gasteiger partial charge on any atom is -0.380 e. The molecule has 0 bridgehead atoms. The van der Waals surface area contributed by atoms with E-state index >= 15 is 0 Å². The molecule has 0 fully saturated rings. The highest BCUT2D eigenvalue weighted by atomic mass is 15.1. The highest BCUT2D eigenvalue weighted by Gasteiger charge is 2.10. The number of imidazole rings is 1. The first-order valence-electron chi connectivity index (χ1n) is 6.94. The summed E-state index contributed by atoms with van der Waals surface area (Å²) in [4.78, 5) is 8.73. The van der Waals surface area contributed by atoms with Crippen molar-refractivity contribution < 1.29 is 0 Å². The Bertz CT molecular complexity index is 518. The van der Waals surface area contributed by atoms with E-state index < -0.39 is 0 Å². The van der Waals surface area contributed by atoms with Gasteiger partial charge in [-0.25, -0.2) is 9.97 Å². The van der Waals surface area contributed by atoms with Crippen molar-refractivity contribution in [1.82, 2.24) is 14.5 Å². The summed E-state index contributed by atoms with van der Waals surface area (Å²) in [5, 5.41) is 3.55. The SMILES string of the molecule is CCCCC(C)Nc1cccnc1-n1ccnc1C. The average Bonchev–Trinajstić information content (AvgIpc) is 2.83. The molecule has 0 aromatic carbocycles. The van der Waals surface area contributed by atoms with Crippen LogP contribution in [0.2, 0.25) is 0 Å². The first-order valence-corrected chi connectivity index (χ1v) is 6.94. The number of aryl methyl sites for hydroxylation is 1. The van der Waals surface area contributed by atoms with Gasteiger partial charge in [0.25, 0.3) is 0 Å². The third kappa shape index (κ3) is 3.34. The molecule has 0 radical (unpaired) electrons. The Kier molecular flexibility index (Phi) is 4.55. The summed E-state index contributed by atoms with van der Waals surface area (Å²) < 4.78 is 2.01. The molecule has 0 saturated heterocycles. The second-order valence-corrected chi connectivity index (χ2v) is 4.91. The number of nitrogens with zero attached hydrogens (tertiary/aromatic N) is 3. The van der Waals surface area contributed by atoms with Gasteiger partial charge in [-0.2, -0.15) is 0 Å². The third-order valence-corrected chi connectivity index (χ3v) is 3.23. The van der Waals surface area contributed by atoms with Crippen LogP contribution in [0.25, 0.3) is 5.82 Å². The molecule has 19 heavy (non-hydrogen) atoms. The molecule has 4 nitrogen and oxygen atoms in total. The summed E-state index contributed by atoms with van der Waals surface area (Å²) in [5.74, 6) is 1.86. The van der Waals surface area contributed by atoms with Crippen LogP contribution in [0, 0.1) is 6.92 Å². The summed E-state index contributed by atoms with van der Waals surface area (Å²) in [5.41, 5.74) is 1.06. The maximum absolute atomic E-state index is 4.48.